The predicted octanol–water partition coefficient (Wildman–Crippen LogP) is 0.841. The molecule has 3 rings (SSSR count). The molecule has 10 heteroatoms. The topological polar surface area (TPSA) is 118 Å². The van der Waals surface area contributed by atoms with E-state index in [-0.39, 0.29) is 29.4 Å². The quantitative estimate of drug-likeness (QED) is 0.602. The van der Waals surface area contributed by atoms with Crippen LogP contribution in [-0.2, 0) is 16.1 Å². The summed E-state index contributed by atoms with van der Waals surface area (Å²) in [6.45, 7) is 1.14. The molecule has 1 aromatic heterocycles. The third kappa shape index (κ3) is 4.98. The highest BCUT2D eigenvalue weighted by Gasteiger charge is 2.20. The van der Waals surface area contributed by atoms with Gasteiger partial charge in [-0.15, -0.1) is 5.10 Å². The molecule has 2 amide bonds. The Morgan fingerprint density at radius 1 is 1.37 bits per heavy atom. The van der Waals surface area contributed by atoms with E-state index in [4.69, 9.17) is 4.74 Å². The molecule has 27 heavy (non-hydrogen) atoms. The van der Waals surface area contributed by atoms with Crippen LogP contribution in [0.1, 0.15) is 23.2 Å². The van der Waals surface area contributed by atoms with E-state index in [2.05, 4.69) is 20.8 Å². The maximum absolute atomic E-state index is 12.2. The van der Waals surface area contributed by atoms with E-state index in [1.54, 1.807) is 31.3 Å². The first-order chi connectivity index (χ1) is 13.1. The van der Waals surface area contributed by atoms with E-state index in [1.807, 2.05) is 0 Å². The van der Waals surface area contributed by atoms with Gasteiger partial charge in [0.1, 0.15) is 0 Å². The van der Waals surface area contributed by atoms with Gasteiger partial charge in [-0.3, -0.25) is 14.2 Å². The molecule has 2 heterocycles. The molecule has 0 saturated carbocycles. The Kier molecular flexibility index (Phi) is 6.30. The molecule has 144 valence electrons. The van der Waals surface area contributed by atoms with Crippen LogP contribution < -0.4 is 16.3 Å². The molecule has 0 bridgehead atoms. The molecule has 1 aromatic carbocycles. The van der Waals surface area contributed by atoms with Gasteiger partial charge < -0.3 is 15.4 Å². The molecule has 1 aliphatic heterocycles. The fraction of sp³-hybridized carbons (Fsp3) is 0.412. The maximum Gasteiger partial charge on any atom is 0.344 e. The molecular weight excluding hydrogens is 370 g/mol. The van der Waals surface area contributed by atoms with Crippen LogP contribution in [0.3, 0.4) is 0 Å². The van der Waals surface area contributed by atoms with Crippen LogP contribution in [0.25, 0.3) is 0 Å². The van der Waals surface area contributed by atoms with Crippen LogP contribution in [0.2, 0.25) is 0 Å². The van der Waals surface area contributed by atoms with Crippen molar-refractivity contribution in [2.45, 2.75) is 30.6 Å². The number of aromatic amines is 1. The normalized spacial score (nSPS) is 16.3. The van der Waals surface area contributed by atoms with E-state index in [0.717, 1.165) is 12.8 Å². The summed E-state index contributed by atoms with van der Waals surface area (Å²) in [4.78, 5) is 35.6. The van der Waals surface area contributed by atoms with Crippen molar-refractivity contribution in [2.75, 3.05) is 24.7 Å². The number of thioether (sulfide) groups is 1. The van der Waals surface area contributed by atoms with E-state index < -0.39 is 0 Å². The van der Waals surface area contributed by atoms with Crippen molar-refractivity contribution in [1.82, 2.24) is 20.1 Å². The minimum atomic E-state index is -0.307. The number of rotatable bonds is 7. The van der Waals surface area contributed by atoms with Gasteiger partial charge in [0.05, 0.1) is 18.4 Å². The standard InChI is InChI=1S/C17H21N5O4S/c1-18-15(24)11-4-6-12(7-5-11)19-14(23)10-27-17-21-20-16(25)22(17)9-13-3-2-8-26-13/h4-7,13H,2-3,8-10H2,1H3,(H,18,24)(H,19,23)(H,20,25)/t13-/m1/s1. The summed E-state index contributed by atoms with van der Waals surface area (Å²) in [5.41, 5.74) is 0.796. The van der Waals surface area contributed by atoms with Gasteiger partial charge in [0.25, 0.3) is 5.91 Å². The predicted molar refractivity (Wildman–Crippen MR) is 101 cm³/mol. The summed E-state index contributed by atoms with van der Waals surface area (Å²) in [7, 11) is 1.56. The molecule has 0 aliphatic carbocycles. The molecule has 1 saturated heterocycles. The van der Waals surface area contributed by atoms with Gasteiger partial charge >= 0.3 is 5.69 Å². The van der Waals surface area contributed by atoms with Gasteiger partial charge in [-0.05, 0) is 37.1 Å². The molecule has 2 aromatic rings. The molecule has 1 atom stereocenters. The highest BCUT2D eigenvalue weighted by Crippen LogP contribution is 2.18. The molecule has 0 spiro atoms. The van der Waals surface area contributed by atoms with Gasteiger partial charge in [0.15, 0.2) is 5.16 Å². The molecule has 9 nitrogen and oxygen atoms in total. The summed E-state index contributed by atoms with van der Waals surface area (Å²) in [6.07, 6.45) is 1.90. The SMILES string of the molecule is CNC(=O)c1ccc(NC(=O)CSc2n[nH]c(=O)n2C[C@H]2CCCO2)cc1. The number of nitrogens with zero attached hydrogens (tertiary/aromatic N) is 2. The number of ether oxygens (including phenoxy) is 1. The molecule has 1 fully saturated rings. The smallest absolute Gasteiger partial charge is 0.344 e. The molecule has 3 N–H and O–H groups in total. The Labute approximate surface area is 159 Å². The first kappa shape index (κ1) is 19.2. The Balaban J connectivity index is 1.55. The first-order valence-corrected chi connectivity index (χ1v) is 9.57. The van der Waals surface area contributed by atoms with E-state index in [0.29, 0.717) is 29.6 Å². The van der Waals surface area contributed by atoms with Crippen molar-refractivity contribution in [3.05, 3.63) is 40.3 Å². The Hall–Kier alpha value is -2.59. The number of aromatic nitrogens is 3. The molecular formula is C17H21N5O4S. The number of hydrogen-bond acceptors (Lipinski definition) is 6. The third-order valence-corrected chi connectivity index (χ3v) is 5.10. The average molecular weight is 391 g/mol. The summed E-state index contributed by atoms with van der Waals surface area (Å²) in [5.74, 6) is -0.314. The number of amides is 2. The van der Waals surface area contributed by atoms with Crippen molar-refractivity contribution >= 4 is 29.3 Å². The lowest BCUT2D eigenvalue weighted by Gasteiger charge is -2.11. The second kappa shape index (κ2) is 8.87. The molecule has 0 unspecified atom stereocenters. The number of anilines is 1. The number of H-pyrrole nitrogens is 1. The summed E-state index contributed by atoms with van der Waals surface area (Å²) < 4.78 is 7.06. The van der Waals surface area contributed by atoms with Gasteiger partial charge in [-0.2, -0.15) is 0 Å². The van der Waals surface area contributed by atoms with Crippen LogP contribution in [-0.4, -0.2) is 52.1 Å². The second-order valence-electron chi connectivity index (χ2n) is 6.05. The number of carbonyl (C=O) groups excluding carboxylic acids is 2. The van der Waals surface area contributed by atoms with Crippen molar-refractivity contribution in [1.29, 1.82) is 0 Å². The van der Waals surface area contributed by atoms with Crippen LogP contribution in [0, 0.1) is 0 Å². The van der Waals surface area contributed by atoms with E-state index in [9.17, 15) is 14.4 Å². The fourth-order valence-electron chi connectivity index (χ4n) is 2.74. The monoisotopic (exact) mass is 391 g/mol. The lowest BCUT2D eigenvalue weighted by Crippen LogP contribution is -2.25. The van der Waals surface area contributed by atoms with Gasteiger partial charge in [-0.1, -0.05) is 11.8 Å². The van der Waals surface area contributed by atoms with Crippen LogP contribution >= 0.6 is 11.8 Å². The number of benzene rings is 1. The zero-order valence-electron chi connectivity index (χ0n) is 14.9. The highest BCUT2D eigenvalue weighted by molar-refractivity contribution is 7.99. The Morgan fingerprint density at radius 3 is 2.81 bits per heavy atom. The zero-order valence-corrected chi connectivity index (χ0v) is 15.7. The maximum atomic E-state index is 12.2. The lowest BCUT2D eigenvalue weighted by molar-refractivity contribution is -0.113. The highest BCUT2D eigenvalue weighted by atomic mass is 32.2. The average Bonchev–Trinajstić information content (AvgIpc) is 3.31. The number of carbonyl (C=O) groups is 2. The van der Waals surface area contributed by atoms with Crippen LogP contribution in [0.15, 0.2) is 34.2 Å². The summed E-state index contributed by atoms with van der Waals surface area (Å²) >= 11 is 1.18. The van der Waals surface area contributed by atoms with Crippen LogP contribution in [0.4, 0.5) is 5.69 Å². The van der Waals surface area contributed by atoms with Crippen LogP contribution in [0.5, 0.6) is 0 Å². The lowest BCUT2D eigenvalue weighted by atomic mass is 10.2. The van der Waals surface area contributed by atoms with Crippen molar-refractivity contribution < 1.29 is 14.3 Å². The second-order valence-corrected chi connectivity index (χ2v) is 6.99. The van der Waals surface area contributed by atoms with Crippen molar-refractivity contribution in [3.63, 3.8) is 0 Å². The van der Waals surface area contributed by atoms with Crippen molar-refractivity contribution in [3.8, 4) is 0 Å². The fourth-order valence-corrected chi connectivity index (χ4v) is 3.50. The first-order valence-electron chi connectivity index (χ1n) is 8.58. The number of hydrogen-bond donors (Lipinski definition) is 3. The number of nitrogens with one attached hydrogen (secondary N) is 3. The summed E-state index contributed by atoms with van der Waals surface area (Å²) in [6, 6.07) is 6.59. The van der Waals surface area contributed by atoms with Crippen molar-refractivity contribution in [2.24, 2.45) is 0 Å². The zero-order chi connectivity index (χ0) is 19.2. The largest absolute Gasteiger partial charge is 0.376 e. The van der Waals surface area contributed by atoms with Gasteiger partial charge in [0.2, 0.25) is 5.91 Å². The third-order valence-electron chi connectivity index (χ3n) is 4.12. The van der Waals surface area contributed by atoms with E-state index >= 15 is 0 Å². The Bertz CT molecular complexity index is 855. The molecule has 0 radical (unpaired) electrons. The molecule has 1 aliphatic rings. The minimum absolute atomic E-state index is 0.00677. The Morgan fingerprint density at radius 2 is 2.15 bits per heavy atom. The van der Waals surface area contributed by atoms with Gasteiger partial charge in [-0.25, -0.2) is 9.89 Å². The minimum Gasteiger partial charge on any atom is -0.376 e. The summed E-state index contributed by atoms with van der Waals surface area (Å²) in [5, 5.41) is 12.2. The van der Waals surface area contributed by atoms with E-state index in [1.165, 1.54) is 16.3 Å². The van der Waals surface area contributed by atoms with Gasteiger partial charge in [0, 0.05) is 24.9 Å².